The first-order valence-corrected chi connectivity index (χ1v) is 8.04. The molecule has 25 heavy (non-hydrogen) atoms. The maximum Gasteiger partial charge on any atom is 0.258 e. The van der Waals surface area contributed by atoms with Crippen LogP contribution in [0.1, 0.15) is 22.5 Å². The Morgan fingerprint density at radius 3 is 2.44 bits per heavy atom. The molecule has 7 heteroatoms. The number of nitrogens with zero attached hydrogens (tertiary/aromatic N) is 2. The third-order valence-corrected chi connectivity index (χ3v) is 4.07. The van der Waals surface area contributed by atoms with Crippen LogP contribution >= 0.6 is 0 Å². The van der Waals surface area contributed by atoms with Gasteiger partial charge in [-0.2, -0.15) is 5.10 Å². The van der Waals surface area contributed by atoms with Gasteiger partial charge in [-0.25, -0.2) is 0 Å². The number of anilines is 1. The number of benzene rings is 1. The molecule has 0 spiro atoms. The molecule has 7 nitrogen and oxygen atoms in total. The first-order valence-electron chi connectivity index (χ1n) is 8.04. The lowest BCUT2D eigenvalue weighted by Gasteiger charge is -2.09. The van der Waals surface area contributed by atoms with Crippen molar-refractivity contribution in [1.82, 2.24) is 15.1 Å². The largest absolute Gasteiger partial charge is 0.484 e. The van der Waals surface area contributed by atoms with Gasteiger partial charge in [0.15, 0.2) is 6.61 Å². The van der Waals surface area contributed by atoms with Gasteiger partial charge in [0.1, 0.15) is 5.75 Å². The van der Waals surface area contributed by atoms with E-state index in [1.54, 1.807) is 4.68 Å². The molecule has 0 saturated carbocycles. The maximum atomic E-state index is 12.0. The van der Waals surface area contributed by atoms with Gasteiger partial charge in [0.25, 0.3) is 5.91 Å². The van der Waals surface area contributed by atoms with Gasteiger partial charge in [0.05, 0.1) is 23.6 Å². The third kappa shape index (κ3) is 4.82. The summed E-state index contributed by atoms with van der Waals surface area (Å²) in [5.41, 5.74) is 4.52. The lowest BCUT2D eigenvalue weighted by atomic mass is 10.1. The second kappa shape index (κ2) is 7.83. The van der Waals surface area contributed by atoms with E-state index in [0.29, 0.717) is 11.4 Å². The molecule has 0 aliphatic heterocycles. The molecule has 0 bridgehead atoms. The van der Waals surface area contributed by atoms with Gasteiger partial charge >= 0.3 is 0 Å². The zero-order chi connectivity index (χ0) is 18.6. The Bertz CT molecular complexity index is 796. The highest BCUT2D eigenvalue weighted by molar-refractivity contribution is 5.95. The van der Waals surface area contributed by atoms with Gasteiger partial charge in [-0.1, -0.05) is 6.07 Å². The number of aryl methyl sites for hydroxylation is 4. The molecule has 2 rings (SSSR count). The van der Waals surface area contributed by atoms with Gasteiger partial charge in [0.2, 0.25) is 5.91 Å². The third-order valence-electron chi connectivity index (χ3n) is 4.07. The van der Waals surface area contributed by atoms with Crippen molar-refractivity contribution in [2.45, 2.75) is 27.7 Å². The van der Waals surface area contributed by atoms with E-state index in [0.717, 1.165) is 22.5 Å². The molecule has 1 aromatic carbocycles. The van der Waals surface area contributed by atoms with Crippen molar-refractivity contribution in [2.75, 3.05) is 18.5 Å². The lowest BCUT2D eigenvalue weighted by Crippen LogP contribution is -2.35. The molecule has 1 heterocycles. The first kappa shape index (κ1) is 18.5. The Morgan fingerprint density at radius 2 is 1.84 bits per heavy atom. The van der Waals surface area contributed by atoms with Gasteiger partial charge in [0, 0.05) is 7.05 Å². The standard InChI is InChI=1S/C18H24N4O3/c1-11-6-7-15(8-12(11)2)25-10-17(24)19-9-16(23)20-18-13(3)21-22(5)14(18)4/h6-8H,9-10H2,1-5H3,(H,19,24)(H,20,23). The van der Waals surface area contributed by atoms with Crippen molar-refractivity contribution in [3.05, 3.63) is 40.7 Å². The highest BCUT2D eigenvalue weighted by Crippen LogP contribution is 2.18. The number of amides is 2. The molecular formula is C18H24N4O3. The molecule has 134 valence electrons. The molecule has 0 fully saturated rings. The van der Waals surface area contributed by atoms with Crippen LogP contribution in [0.25, 0.3) is 0 Å². The predicted molar refractivity (Wildman–Crippen MR) is 95.7 cm³/mol. The summed E-state index contributed by atoms with van der Waals surface area (Å²) in [6.45, 7) is 7.42. The van der Waals surface area contributed by atoms with Crippen LogP contribution in [0.15, 0.2) is 18.2 Å². The van der Waals surface area contributed by atoms with E-state index in [2.05, 4.69) is 15.7 Å². The summed E-state index contributed by atoms with van der Waals surface area (Å²) in [4.78, 5) is 23.8. The van der Waals surface area contributed by atoms with E-state index >= 15 is 0 Å². The van der Waals surface area contributed by atoms with E-state index in [1.165, 1.54) is 0 Å². The van der Waals surface area contributed by atoms with Gasteiger partial charge in [-0.15, -0.1) is 0 Å². The second-order valence-corrected chi connectivity index (χ2v) is 6.03. The van der Waals surface area contributed by atoms with Crippen molar-refractivity contribution < 1.29 is 14.3 Å². The van der Waals surface area contributed by atoms with Crippen LogP contribution in [0.5, 0.6) is 5.75 Å². The van der Waals surface area contributed by atoms with E-state index < -0.39 is 0 Å². The molecule has 2 aromatic rings. The van der Waals surface area contributed by atoms with Crippen molar-refractivity contribution in [3.63, 3.8) is 0 Å². The predicted octanol–water partition coefficient (Wildman–Crippen LogP) is 1.79. The zero-order valence-electron chi connectivity index (χ0n) is 15.3. The fourth-order valence-electron chi connectivity index (χ4n) is 2.32. The number of rotatable bonds is 6. The minimum absolute atomic E-state index is 0.122. The fraction of sp³-hybridized carbons (Fsp3) is 0.389. The highest BCUT2D eigenvalue weighted by Gasteiger charge is 2.13. The van der Waals surface area contributed by atoms with E-state index in [4.69, 9.17) is 4.74 Å². The minimum Gasteiger partial charge on any atom is -0.484 e. The van der Waals surface area contributed by atoms with Crippen LogP contribution in [0, 0.1) is 27.7 Å². The number of hydrogen-bond acceptors (Lipinski definition) is 4. The topological polar surface area (TPSA) is 85.2 Å². The Morgan fingerprint density at radius 1 is 1.12 bits per heavy atom. The van der Waals surface area contributed by atoms with E-state index in [1.807, 2.05) is 52.9 Å². The molecule has 0 atom stereocenters. The summed E-state index contributed by atoms with van der Waals surface area (Å²) in [7, 11) is 1.81. The monoisotopic (exact) mass is 344 g/mol. The van der Waals surface area contributed by atoms with E-state index in [-0.39, 0.29) is 25.0 Å². The van der Waals surface area contributed by atoms with Gasteiger partial charge < -0.3 is 15.4 Å². The summed E-state index contributed by atoms with van der Waals surface area (Å²) >= 11 is 0. The van der Waals surface area contributed by atoms with Crippen LogP contribution in [0.2, 0.25) is 0 Å². The average molecular weight is 344 g/mol. The van der Waals surface area contributed by atoms with Crippen molar-refractivity contribution >= 4 is 17.5 Å². The van der Waals surface area contributed by atoms with Crippen molar-refractivity contribution in [1.29, 1.82) is 0 Å². The Kier molecular flexibility index (Phi) is 5.80. The van der Waals surface area contributed by atoms with E-state index in [9.17, 15) is 9.59 Å². The van der Waals surface area contributed by atoms with Crippen LogP contribution in [0.4, 0.5) is 5.69 Å². The molecule has 0 unspecified atom stereocenters. The minimum atomic E-state index is -0.354. The quantitative estimate of drug-likeness (QED) is 0.837. The molecule has 0 radical (unpaired) electrons. The molecule has 2 N–H and O–H groups in total. The normalized spacial score (nSPS) is 10.4. The molecule has 2 amide bonds. The number of nitrogens with one attached hydrogen (secondary N) is 2. The SMILES string of the molecule is Cc1ccc(OCC(=O)NCC(=O)Nc2c(C)nn(C)c2C)cc1C. The highest BCUT2D eigenvalue weighted by atomic mass is 16.5. The summed E-state index contributed by atoms with van der Waals surface area (Å²) in [5, 5.41) is 9.54. The van der Waals surface area contributed by atoms with Crippen molar-refractivity contribution in [3.8, 4) is 5.75 Å². The summed E-state index contributed by atoms with van der Waals surface area (Å²) < 4.78 is 7.13. The lowest BCUT2D eigenvalue weighted by molar-refractivity contribution is -0.125. The van der Waals surface area contributed by atoms with Crippen molar-refractivity contribution in [2.24, 2.45) is 7.05 Å². The van der Waals surface area contributed by atoms with Crippen LogP contribution in [0.3, 0.4) is 0 Å². The summed E-state index contributed by atoms with van der Waals surface area (Å²) in [5.74, 6) is -0.0314. The number of aromatic nitrogens is 2. The molecule has 0 aliphatic carbocycles. The smallest absolute Gasteiger partial charge is 0.258 e. The summed E-state index contributed by atoms with van der Waals surface area (Å²) in [6, 6.07) is 5.63. The van der Waals surface area contributed by atoms with Crippen LogP contribution in [-0.4, -0.2) is 34.7 Å². The molecular weight excluding hydrogens is 320 g/mol. The Hall–Kier alpha value is -2.83. The van der Waals surface area contributed by atoms with Crippen LogP contribution in [-0.2, 0) is 16.6 Å². The Labute approximate surface area is 147 Å². The number of hydrogen-bond donors (Lipinski definition) is 2. The Balaban J connectivity index is 1.79. The van der Waals surface area contributed by atoms with Gasteiger partial charge in [-0.05, 0) is 51.0 Å². The van der Waals surface area contributed by atoms with Gasteiger partial charge in [-0.3, -0.25) is 14.3 Å². The molecule has 0 aliphatic rings. The number of carbonyl (C=O) groups is 2. The summed E-state index contributed by atoms with van der Waals surface area (Å²) in [6.07, 6.45) is 0. The fourth-order valence-corrected chi connectivity index (χ4v) is 2.32. The number of carbonyl (C=O) groups excluding carboxylic acids is 2. The molecule has 1 aromatic heterocycles. The maximum absolute atomic E-state index is 12.0. The second-order valence-electron chi connectivity index (χ2n) is 6.03. The first-order chi connectivity index (χ1) is 11.8. The molecule has 0 saturated heterocycles. The average Bonchev–Trinajstić information content (AvgIpc) is 2.80. The zero-order valence-corrected chi connectivity index (χ0v) is 15.3. The number of ether oxygens (including phenoxy) is 1. The van der Waals surface area contributed by atoms with Crippen LogP contribution < -0.4 is 15.4 Å².